The highest BCUT2D eigenvalue weighted by molar-refractivity contribution is 7.09. The van der Waals surface area contributed by atoms with Crippen LogP contribution in [0.5, 0.6) is 0 Å². The SMILES string of the molecule is CC(C)(C)OC(=O)N(CCc1nc2cc(F)ccc2[nH]1)CCc1nc(C(=O)O)cs1. The number of imidazole rings is 1. The van der Waals surface area contributed by atoms with Crippen LogP contribution < -0.4 is 0 Å². The van der Waals surface area contributed by atoms with Crippen molar-refractivity contribution in [2.75, 3.05) is 13.1 Å². The summed E-state index contributed by atoms with van der Waals surface area (Å²) >= 11 is 1.24. The number of aromatic carboxylic acids is 1. The molecule has 0 fully saturated rings. The zero-order valence-corrected chi connectivity index (χ0v) is 17.8. The van der Waals surface area contributed by atoms with E-state index in [0.717, 1.165) is 5.52 Å². The summed E-state index contributed by atoms with van der Waals surface area (Å²) in [5, 5.41) is 11.1. The molecule has 160 valence electrons. The molecule has 0 unspecified atom stereocenters. The Labute approximate surface area is 176 Å². The van der Waals surface area contributed by atoms with Gasteiger partial charge >= 0.3 is 12.1 Å². The quantitative estimate of drug-likeness (QED) is 0.584. The molecule has 2 aromatic heterocycles. The first kappa shape index (κ1) is 21.7. The number of amides is 1. The fourth-order valence-electron chi connectivity index (χ4n) is 2.77. The average Bonchev–Trinajstić information content (AvgIpc) is 3.26. The summed E-state index contributed by atoms with van der Waals surface area (Å²) in [6.07, 6.45) is 0.357. The molecule has 0 aliphatic carbocycles. The summed E-state index contributed by atoms with van der Waals surface area (Å²) in [5.74, 6) is -0.811. The van der Waals surface area contributed by atoms with Gasteiger partial charge in [-0.1, -0.05) is 0 Å². The molecule has 10 heteroatoms. The number of nitrogens with zero attached hydrogens (tertiary/aromatic N) is 3. The van der Waals surface area contributed by atoms with Crippen molar-refractivity contribution in [2.45, 2.75) is 39.2 Å². The number of hydrogen-bond acceptors (Lipinski definition) is 6. The van der Waals surface area contributed by atoms with Crippen LogP contribution in [-0.4, -0.2) is 55.7 Å². The van der Waals surface area contributed by atoms with E-state index in [0.29, 0.717) is 42.3 Å². The summed E-state index contributed by atoms with van der Waals surface area (Å²) in [6, 6.07) is 4.33. The van der Waals surface area contributed by atoms with E-state index in [1.54, 1.807) is 31.7 Å². The van der Waals surface area contributed by atoms with Gasteiger partial charge in [0.05, 0.1) is 16.0 Å². The van der Waals surface area contributed by atoms with Gasteiger partial charge in [-0.3, -0.25) is 0 Å². The number of nitrogens with one attached hydrogen (secondary N) is 1. The first-order valence-electron chi connectivity index (χ1n) is 9.40. The van der Waals surface area contributed by atoms with E-state index in [4.69, 9.17) is 9.84 Å². The molecule has 1 amide bonds. The summed E-state index contributed by atoms with van der Waals surface area (Å²) in [4.78, 5) is 36.7. The number of benzene rings is 1. The maximum Gasteiger partial charge on any atom is 0.410 e. The molecule has 2 heterocycles. The Bertz CT molecular complexity index is 1060. The minimum absolute atomic E-state index is 0.00618. The number of carboxylic acid groups (broad SMARTS) is 1. The lowest BCUT2D eigenvalue weighted by Gasteiger charge is -2.27. The zero-order valence-electron chi connectivity index (χ0n) is 16.9. The molecule has 1 aromatic carbocycles. The lowest BCUT2D eigenvalue weighted by molar-refractivity contribution is 0.0253. The fourth-order valence-corrected chi connectivity index (χ4v) is 3.53. The van der Waals surface area contributed by atoms with Gasteiger partial charge in [-0.15, -0.1) is 11.3 Å². The van der Waals surface area contributed by atoms with Crippen LogP contribution in [0.2, 0.25) is 0 Å². The predicted molar refractivity (Wildman–Crippen MR) is 110 cm³/mol. The number of ether oxygens (including phenoxy) is 1. The molecule has 0 spiro atoms. The molecule has 0 aliphatic rings. The van der Waals surface area contributed by atoms with E-state index in [-0.39, 0.29) is 11.5 Å². The number of carboxylic acids is 1. The van der Waals surface area contributed by atoms with Gasteiger partial charge in [-0.25, -0.2) is 23.9 Å². The lowest BCUT2D eigenvalue weighted by Crippen LogP contribution is -2.39. The second-order valence-electron chi connectivity index (χ2n) is 7.74. The number of rotatable bonds is 7. The number of carbonyl (C=O) groups excluding carboxylic acids is 1. The second-order valence-corrected chi connectivity index (χ2v) is 8.69. The Hall–Kier alpha value is -3.01. The van der Waals surface area contributed by atoms with Crippen molar-refractivity contribution in [3.63, 3.8) is 0 Å². The van der Waals surface area contributed by atoms with Gasteiger partial charge < -0.3 is 19.7 Å². The molecule has 2 N–H and O–H groups in total. The molecular weight excluding hydrogens is 411 g/mol. The van der Waals surface area contributed by atoms with Crippen LogP contribution in [0.15, 0.2) is 23.6 Å². The monoisotopic (exact) mass is 434 g/mol. The molecule has 30 heavy (non-hydrogen) atoms. The topological polar surface area (TPSA) is 108 Å². The summed E-state index contributed by atoms with van der Waals surface area (Å²) in [7, 11) is 0. The van der Waals surface area contributed by atoms with Gasteiger partial charge in [0.15, 0.2) is 5.69 Å². The standard InChI is InChI=1S/C20H23FN4O4S/c1-20(2,3)29-19(28)25(9-7-17-24-15(11-30-17)18(26)27)8-6-16-22-13-5-4-12(21)10-14(13)23-16/h4-5,10-11H,6-9H2,1-3H3,(H,22,23)(H,26,27). The minimum Gasteiger partial charge on any atom is -0.476 e. The van der Waals surface area contributed by atoms with Crippen LogP contribution in [0.1, 0.15) is 42.1 Å². The number of fused-ring (bicyclic) bond motifs is 1. The normalized spacial score (nSPS) is 11.6. The van der Waals surface area contributed by atoms with Crippen LogP contribution in [0, 0.1) is 5.82 Å². The van der Waals surface area contributed by atoms with Crippen molar-refractivity contribution in [3.8, 4) is 0 Å². The van der Waals surface area contributed by atoms with Gasteiger partial charge in [0.1, 0.15) is 17.2 Å². The average molecular weight is 434 g/mol. The van der Waals surface area contributed by atoms with Crippen LogP contribution in [0.3, 0.4) is 0 Å². The first-order valence-corrected chi connectivity index (χ1v) is 10.3. The van der Waals surface area contributed by atoms with Crippen LogP contribution >= 0.6 is 11.3 Å². The molecule has 8 nitrogen and oxygen atoms in total. The fraction of sp³-hybridized carbons (Fsp3) is 0.400. The Morgan fingerprint density at radius 3 is 2.63 bits per heavy atom. The molecule has 0 saturated carbocycles. The number of halogens is 1. The zero-order chi connectivity index (χ0) is 21.9. The molecular formula is C20H23FN4O4S. The highest BCUT2D eigenvalue weighted by Crippen LogP contribution is 2.16. The van der Waals surface area contributed by atoms with E-state index < -0.39 is 17.7 Å². The largest absolute Gasteiger partial charge is 0.476 e. The van der Waals surface area contributed by atoms with Gasteiger partial charge in [-0.2, -0.15) is 0 Å². The van der Waals surface area contributed by atoms with Crippen molar-refractivity contribution in [2.24, 2.45) is 0 Å². The number of aromatic nitrogens is 3. The van der Waals surface area contributed by atoms with Crippen LogP contribution in [0.4, 0.5) is 9.18 Å². The van der Waals surface area contributed by atoms with Crippen LogP contribution in [-0.2, 0) is 17.6 Å². The first-order chi connectivity index (χ1) is 14.1. The van der Waals surface area contributed by atoms with E-state index in [1.165, 1.54) is 28.8 Å². The number of carbonyl (C=O) groups is 2. The smallest absolute Gasteiger partial charge is 0.410 e. The molecule has 0 saturated heterocycles. The number of hydrogen-bond donors (Lipinski definition) is 2. The second kappa shape index (κ2) is 8.78. The third-order valence-electron chi connectivity index (χ3n) is 4.13. The van der Waals surface area contributed by atoms with Gasteiger partial charge in [0.25, 0.3) is 0 Å². The highest BCUT2D eigenvalue weighted by atomic mass is 32.1. The van der Waals surface area contributed by atoms with Crippen molar-refractivity contribution in [1.29, 1.82) is 0 Å². The van der Waals surface area contributed by atoms with Crippen molar-refractivity contribution in [1.82, 2.24) is 19.9 Å². The maximum atomic E-state index is 13.4. The summed E-state index contributed by atoms with van der Waals surface area (Å²) in [6.45, 7) is 6.01. The molecule has 0 atom stereocenters. The third kappa shape index (κ3) is 5.76. The molecule has 3 aromatic rings. The number of H-pyrrole nitrogens is 1. The van der Waals surface area contributed by atoms with Crippen molar-refractivity contribution >= 4 is 34.4 Å². The van der Waals surface area contributed by atoms with E-state index in [1.807, 2.05) is 0 Å². The Kier molecular flexibility index (Phi) is 6.35. The molecule has 0 bridgehead atoms. The van der Waals surface area contributed by atoms with Gasteiger partial charge in [0.2, 0.25) is 0 Å². The summed E-state index contributed by atoms with van der Waals surface area (Å²) < 4.78 is 18.9. The van der Waals surface area contributed by atoms with Crippen molar-refractivity contribution < 1.29 is 23.8 Å². The Morgan fingerprint density at radius 1 is 1.23 bits per heavy atom. The highest BCUT2D eigenvalue weighted by Gasteiger charge is 2.23. The van der Waals surface area contributed by atoms with Gasteiger partial charge in [0, 0.05) is 37.4 Å². The number of aromatic amines is 1. The lowest BCUT2D eigenvalue weighted by atomic mass is 10.2. The van der Waals surface area contributed by atoms with Crippen LogP contribution in [0.25, 0.3) is 11.0 Å². The van der Waals surface area contributed by atoms with E-state index in [9.17, 15) is 14.0 Å². The molecule has 3 rings (SSSR count). The van der Waals surface area contributed by atoms with E-state index >= 15 is 0 Å². The third-order valence-corrected chi connectivity index (χ3v) is 5.04. The molecule has 0 radical (unpaired) electrons. The van der Waals surface area contributed by atoms with E-state index in [2.05, 4.69) is 15.0 Å². The van der Waals surface area contributed by atoms with Gasteiger partial charge in [-0.05, 0) is 32.9 Å². The molecule has 0 aliphatic heterocycles. The predicted octanol–water partition coefficient (Wildman–Crippen LogP) is 3.88. The Morgan fingerprint density at radius 2 is 1.97 bits per heavy atom. The Balaban J connectivity index is 1.69. The maximum absolute atomic E-state index is 13.4. The minimum atomic E-state index is -1.08. The van der Waals surface area contributed by atoms with Crippen molar-refractivity contribution in [3.05, 3.63) is 45.9 Å². The summed E-state index contributed by atoms with van der Waals surface area (Å²) in [5.41, 5.74) is 0.592. The number of thiazole rings is 1.